The van der Waals surface area contributed by atoms with E-state index >= 15 is 4.39 Å². The Morgan fingerprint density at radius 2 is 1.93 bits per heavy atom. The first-order valence-corrected chi connectivity index (χ1v) is 10.8. The number of benzene rings is 2. The highest BCUT2D eigenvalue weighted by Crippen LogP contribution is 2.36. The van der Waals surface area contributed by atoms with E-state index in [-0.39, 0.29) is 28.8 Å². The average Bonchev–Trinajstić information content (AvgIpc) is 2.76. The van der Waals surface area contributed by atoms with E-state index in [1.807, 2.05) is 36.9 Å². The molecule has 2 aromatic rings. The molecule has 0 unspecified atom stereocenters. The van der Waals surface area contributed by atoms with Crippen LogP contribution in [-0.2, 0) is 4.79 Å². The van der Waals surface area contributed by atoms with Crippen LogP contribution in [0.1, 0.15) is 38.3 Å². The van der Waals surface area contributed by atoms with Crippen LogP contribution < -0.4 is 15.4 Å². The second-order valence-corrected chi connectivity index (χ2v) is 7.97. The van der Waals surface area contributed by atoms with Gasteiger partial charge in [0.1, 0.15) is 5.75 Å². The smallest absolute Gasteiger partial charge is 0.224 e. The molecular weight excluding hydrogens is 405 g/mol. The zero-order valence-corrected chi connectivity index (χ0v) is 18.2. The van der Waals surface area contributed by atoms with E-state index in [0.29, 0.717) is 24.2 Å². The Morgan fingerprint density at radius 1 is 1.23 bits per heavy atom. The van der Waals surface area contributed by atoms with E-state index in [9.17, 15) is 4.79 Å². The maximum atomic E-state index is 15.3. The number of hydrogen-bond donors (Lipinski definition) is 2. The van der Waals surface area contributed by atoms with E-state index in [1.54, 1.807) is 24.3 Å². The molecule has 7 heteroatoms. The summed E-state index contributed by atoms with van der Waals surface area (Å²) in [4.78, 5) is 14.4. The minimum absolute atomic E-state index is 0.0187. The summed E-state index contributed by atoms with van der Waals surface area (Å²) in [5, 5.41) is 6.87. The molecule has 0 bridgehead atoms. The second kappa shape index (κ2) is 10.8. The number of piperazine rings is 1. The number of halogens is 2. The summed E-state index contributed by atoms with van der Waals surface area (Å²) in [5.41, 5.74) is 0.481. The van der Waals surface area contributed by atoms with Crippen molar-refractivity contribution in [2.75, 3.05) is 26.2 Å². The van der Waals surface area contributed by atoms with Crippen molar-refractivity contribution in [2.24, 2.45) is 0 Å². The molecule has 1 heterocycles. The first-order chi connectivity index (χ1) is 14.5. The summed E-state index contributed by atoms with van der Waals surface area (Å²) in [6.45, 7) is 7.05. The van der Waals surface area contributed by atoms with Gasteiger partial charge in [-0.3, -0.25) is 4.79 Å². The van der Waals surface area contributed by atoms with Gasteiger partial charge in [-0.05, 0) is 31.5 Å². The lowest BCUT2D eigenvalue weighted by molar-refractivity contribution is -0.132. The summed E-state index contributed by atoms with van der Waals surface area (Å²) in [7, 11) is 0. The monoisotopic (exact) mass is 433 g/mol. The molecule has 0 aliphatic carbocycles. The van der Waals surface area contributed by atoms with Crippen LogP contribution in [0, 0.1) is 5.82 Å². The van der Waals surface area contributed by atoms with Gasteiger partial charge in [0.15, 0.2) is 11.6 Å². The Bertz CT molecular complexity index is 844. The largest absolute Gasteiger partial charge is 0.453 e. The Hall–Kier alpha value is -2.15. The van der Waals surface area contributed by atoms with Crippen LogP contribution in [-0.4, -0.2) is 43.0 Å². The highest BCUT2D eigenvalue weighted by Gasteiger charge is 2.24. The number of carbonyl (C=O) groups excluding carboxylic acids is 1. The van der Waals surface area contributed by atoms with Gasteiger partial charge in [0.05, 0.1) is 5.02 Å². The van der Waals surface area contributed by atoms with Crippen LogP contribution in [0.5, 0.6) is 11.5 Å². The lowest BCUT2D eigenvalue weighted by Gasteiger charge is -2.30. The van der Waals surface area contributed by atoms with Gasteiger partial charge in [0.25, 0.3) is 0 Å². The third kappa shape index (κ3) is 5.72. The van der Waals surface area contributed by atoms with Crippen molar-refractivity contribution >= 4 is 17.5 Å². The van der Waals surface area contributed by atoms with E-state index in [0.717, 1.165) is 26.2 Å². The van der Waals surface area contributed by atoms with Crippen LogP contribution in [0.25, 0.3) is 0 Å². The standard InChI is InChI=1S/C23H29ClFN3O2/c1-3-20(27-16(2)15-21(29)28-13-11-26-12-14-28)18-9-10-19(24)23(22(18)25)30-17-7-5-4-6-8-17/h4-10,16,20,26-27H,3,11-15H2,1-2H3/t16-,20+/m0/s1. The number of hydrogen-bond acceptors (Lipinski definition) is 4. The summed E-state index contributed by atoms with van der Waals surface area (Å²) in [6, 6.07) is 12.0. The number of rotatable bonds is 8. The van der Waals surface area contributed by atoms with Crippen molar-refractivity contribution in [2.45, 2.75) is 38.8 Å². The summed E-state index contributed by atoms with van der Waals surface area (Å²) in [5.74, 6) is 0.180. The highest BCUT2D eigenvalue weighted by molar-refractivity contribution is 6.32. The minimum atomic E-state index is -0.480. The van der Waals surface area contributed by atoms with Crippen LogP contribution >= 0.6 is 11.6 Å². The SMILES string of the molecule is CC[C@@H](N[C@@H](C)CC(=O)N1CCNCC1)c1ccc(Cl)c(Oc2ccccc2)c1F. The molecule has 2 aromatic carbocycles. The molecule has 0 aromatic heterocycles. The number of carbonyl (C=O) groups is 1. The van der Waals surface area contributed by atoms with E-state index < -0.39 is 5.82 Å². The summed E-state index contributed by atoms with van der Waals surface area (Å²) in [6.07, 6.45) is 1.04. The molecule has 1 aliphatic rings. The molecule has 162 valence electrons. The quantitative estimate of drug-likeness (QED) is 0.642. The van der Waals surface area contributed by atoms with Crippen molar-refractivity contribution < 1.29 is 13.9 Å². The fraction of sp³-hybridized carbons (Fsp3) is 0.435. The fourth-order valence-electron chi connectivity index (χ4n) is 3.65. The zero-order chi connectivity index (χ0) is 21.5. The number of para-hydroxylation sites is 1. The van der Waals surface area contributed by atoms with Crippen molar-refractivity contribution in [3.63, 3.8) is 0 Å². The molecule has 5 nitrogen and oxygen atoms in total. The predicted octanol–water partition coefficient (Wildman–Crippen LogP) is 4.52. The van der Waals surface area contributed by atoms with Crippen molar-refractivity contribution in [1.82, 2.24) is 15.5 Å². The van der Waals surface area contributed by atoms with Gasteiger partial charge in [0.2, 0.25) is 5.91 Å². The molecule has 30 heavy (non-hydrogen) atoms. The van der Waals surface area contributed by atoms with Gasteiger partial charge in [-0.15, -0.1) is 0 Å². The van der Waals surface area contributed by atoms with Crippen LogP contribution in [0.2, 0.25) is 5.02 Å². The second-order valence-electron chi connectivity index (χ2n) is 7.56. The van der Waals surface area contributed by atoms with E-state index in [1.165, 1.54) is 0 Å². The van der Waals surface area contributed by atoms with Gasteiger partial charge < -0.3 is 20.3 Å². The molecule has 0 radical (unpaired) electrons. The van der Waals surface area contributed by atoms with Crippen LogP contribution in [0.15, 0.2) is 42.5 Å². The Morgan fingerprint density at radius 3 is 2.60 bits per heavy atom. The van der Waals surface area contributed by atoms with E-state index in [4.69, 9.17) is 16.3 Å². The van der Waals surface area contributed by atoms with E-state index in [2.05, 4.69) is 10.6 Å². The fourth-order valence-corrected chi connectivity index (χ4v) is 3.84. The third-order valence-electron chi connectivity index (χ3n) is 5.26. The topological polar surface area (TPSA) is 53.6 Å². The molecule has 1 amide bonds. The molecule has 3 rings (SSSR count). The normalized spacial score (nSPS) is 16.2. The third-order valence-corrected chi connectivity index (χ3v) is 5.56. The predicted molar refractivity (Wildman–Crippen MR) is 118 cm³/mol. The van der Waals surface area contributed by atoms with Crippen molar-refractivity contribution in [1.29, 1.82) is 0 Å². The lowest BCUT2D eigenvalue weighted by Crippen LogP contribution is -2.48. The van der Waals surface area contributed by atoms with Crippen molar-refractivity contribution in [3.8, 4) is 11.5 Å². The Balaban J connectivity index is 1.71. The molecule has 1 fully saturated rings. The van der Waals surface area contributed by atoms with Crippen LogP contribution in [0.3, 0.4) is 0 Å². The molecule has 0 saturated carbocycles. The van der Waals surface area contributed by atoms with Gasteiger partial charge >= 0.3 is 0 Å². The number of amides is 1. The minimum Gasteiger partial charge on any atom is -0.453 e. The lowest BCUT2D eigenvalue weighted by atomic mass is 10.0. The maximum Gasteiger partial charge on any atom is 0.224 e. The Labute approximate surface area is 182 Å². The molecular formula is C23H29ClFN3O2. The zero-order valence-electron chi connectivity index (χ0n) is 17.5. The average molecular weight is 434 g/mol. The highest BCUT2D eigenvalue weighted by atomic mass is 35.5. The molecule has 2 N–H and O–H groups in total. The number of nitrogens with one attached hydrogen (secondary N) is 2. The van der Waals surface area contributed by atoms with Crippen molar-refractivity contribution in [3.05, 3.63) is 58.9 Å². The van der Waals surface area contributed by atoms with Gasteiger partial charge in [-0.2, -0.15) is 0 Å². The van der Waals surface area contributed by atoms with Gasteiger partial charge in [-0.1, -0.05) is 42.8 Å². The summed E-state index contributed by atoms with van der Waals surface area (Å²) < 4.78 is 21.1. The van der Waals surface area contributed by atoms with Gasteiger partial charge in [-0.25, -0.2) is 4.39 Å². The molecule has 1 saturated heterocycles. The molecule has 0 spiro atoms. The molecule has 1 aliphatic heterocycles. The first kappa shape index (κ1) is 22.5. The first-order valence-electron chi connectivity index (χ1n) is 10.4. The number of ether oxygens (including phenoxy) is 1. The number of nitrogens with zero attached hydrogens (tertiary/aromatic N) is 1. The molecule has 2 atom stereocenters. The Kier molecular flexibility index (Phi) is 8.08. The summed E-state index contributed by atoms with van der Waals surface area (Å²) >= 11 is 6.22. The van der Waals surface area contributed by atoms with Gasteiger partial charge in [0, 0.05) is 50.2 Å². The van der Waals surface area contributed by atoms with Crippen LogP contribution in [0.4, 0.5) is 4.39 Å². The maximum absolute atomic E-state index is 15.3.